The normalized spacial score (nSPS) is 12.2. The molecule has 17 heavy (non-hydrogen) atoms. The largest absolute Gasteiger partial charge is 0.355 e. The van der Waals surface area contributed by atoms with Crippen molar-refractivity contribution >= 4 is 5.91 Å². The maximum absolute atomic E-state index is 11.5. The van der Waals surface area contributed by atoms with Gasteiger partial charge in [0, 0.05) is 18.4 Å². The van der Waals surface area contributed by atoms with Crippen molar-refractivity contribution in [2.75, 3.05) is 6.54 Å². The Bertz CT molecular complexity index is 356. The molecule has 0 aromatic heterocycles. The van der Waals surface area contributed by atoms with Crippen LogP contribution in [0.25, 0.3) is 0 Å². The zero-order chi connectivity index (χ0) is 12.7. The van der Waals surface area contributed by atoms with Gasteiger partial charge in [0.1, 0.15) is 0 Å². The Morgan fingerprint density at radius 2 is 2.00 bits per heavy atom. The maximum Gasteiger partial charge on any atom is 0.222 e. The minimum absolute atomic E-state index is 0.0372. The van der Waals surface area contributed by atoms with E-state index in [0.29, 0.717) is 12.5 Å². The number of rotatable bonds is 6. The first-order valence-electron chi connectivity index (χ1n) is 6.08. The molecule has 1 aromatic rings. The summed E-state index contributed by atoms with van der Waals surface area (Å²) in [6.07, 6.45) is 2.78. The highest BCUT2D eigenvalue weighted by atomic mass is 16.1. The van der Waals surface area contributed by atoms with Crippen molar-refractivity contribution in [3.8, 4) is 0 Å². The summed E-state index contributed by atoms with van der Waals surface area (Å²) >= 11 is 0. The molecule has 1 rings (SSSR count). The molecule has 1 aromatic carbocycles. The summed E-state index contributed by atoms with van der Waals surface area (Å²) in [6, 6.07) is 10.2. The van der Waals surface area contributed by atoms with Crippen molar-refractivity contribution in [2.24, 2.45) is 5.92 Å². The van der Waals surface area contributed by atoms with E-state index in [2.05, 4.69) is 24.0 Å². The fraction of sp³-hybridized carbons (Fsp3) is 0.400. The number of carbonyl (C=O) groups excluding carboxylic acids is 1. The van der Waals surface area contributed by atoms with Gasteiger partial charge in [-0.05, 0) is 12.0 Å². The molecule has 0 saturated heterocycles. The van der Waals surface area contributed by atoms with Crippen LogP contribution >= 0.6 is 0 Å². The summed E-state index contributed by atoms with van der Waals surface area (Å²) in [5.74, 6) is 0.460. The van der Waals surface area contributed by atoms with E-state index in [1.54, 1.807) is 0 Å². The van der Waals surface area contributed by atoms with Crippen LogP contribution in [0.5, 0.6) is 0 Å². The zero-order valence-electron chi connectivity index (χ0n) is 10.6. The number of hydrogen-bond donors (Lipinski definition) is 1. The van der Waals surface area contributed by atoms with E-state index in [1.807, 2.05) is 38.1 Å². The number of amides is 1. The molecule has 0 bridgehead atoms. The van der Waals surface area contributed by atoms with Crippen LogP contribution in [0, 0.1) is 5.92 Å². The lowest BCUT2D eigenvalue weighted by atomic mass is 9.95. The van der Waals surface area contributed by atoms with Gasteiger partial charge < -0.3 is 5.32 Å². The van der Waals surface area contributed by atoms with Crippen molar-refractivity contribution in [3.05, 3.63) is 48.6 Å². The van der Waals surface area contributed by atoms with Gasteiger partial charge in [-0.25, -0.2) is 0 Å². The highest BCUT2D eigenvalue weighted by Crippen LogP contribution is 2.18. The maximum atomic E-state index is 11.5. The first-order chi connectivity index (χ1) is 8.15. The second-order valence-electron chi connectivity index (χ2n) is 4.53. The van der Waals surface area contributed by atoms with E-state index >= 15 is 0 Å². The van der Waals surface area contributed by atoms with Crippen LogP contribution in [0.3, 0.4) is 0 Å². The SMILES string of the molecule is C=CC[C@H](CNC(=O)C(C)C)c1ccccc1. The lowest BCUT2D eigenvalue weighted by Gasteiger charge is -2.17. The quantitative estimate of drug-likeness (QED) is 0.749. The predicted octanol–water partition coefficient (Wildman–Crippen LogP) is 3.12. The number of hydrogen-bond acceptors (Lipinski definition) is 1. The third-order valence-electron chi connectivity index (χ3n) is 2.77. The lowest BCUT2D eigenvalue weighted by molar-refractivity contribution is -0.124. The Labute approximate surface area is 104 Å². The van der Waals surface area contributed by atoms with Gasteiger partial charge in [-0.1, -0.05) is 50.3 Å². The summed E-state index contributed by atoms with van der Waals surface area (Å²) in [4.78, 5) is 11.5. The van der Waals surface area contributed by atoms with Crippen LogP contribution in [0.1, 0.15) is 31.7 Å². The molecule has 2 nitrogen and oxygen atoms in total. The molecule has 0 unspecified atom stereocenters. The second kappa shape index (κ2) is 6.89. The van der Waals surface area contributed by atoms with Crippen LogP contribution in [-0.4, -0.2) is 12.5 Å². The van der Waals surface area contributed by atoms with Crippen molar-refractivity contribution < 1.29 is 4.79 Å². The molecule has 1 amide bonds. The monoisotopic (exact) mass is 231 g/mol. The molecule has 92 valence electrons. The fourth-order valence-electron chi connectivity index (χ4n) is 1.69. The van der Waals surface area contributed by atoms with Crippen LogP contribution in [0.15, 0.2) is 43.0 Å². The first-order valence-corrected chi connectivity index (χ1v) is 6.08. The van der Waals surface area contributed by atoms with Crippen molar-refractivity contribution in [3.63, 3.8) is 0 Å². The molecule has 0 spiro atoms. The number of nitrogens with one attached hydrogen (secondary N) is 1. The molecule has 0 saturated carbocycles. The molecule has 0 radical (unpaired) electrons. The molecule has 0 fully saturated rings. The fourth-order valence-corrected chi connectivity index (χ4v) is 1.69. The Morgan fingerprint density at radius 1 is 1.35 bits per heavy atom. The molecule has 0 aliphatic heterocycles. The first kappa shape index (κ1) is 13.5. The molecule has 2 heteroatoms. The predicted molar refractivity (Wildman–Crippen MR) is 71.8 cm³/mol. The highest BCUT2D eigenvalue weighted by Gasteiger charge is 2.12. The summed E-state index contributed by atoms with van der Waals surface area (Å²) in [5.41, 5.74) is 1.25. The average molecular weight is 231 g/mol. The molecule has 1 atom stereocenters. The van der Waals surface area contributed by atoms with Gasteiger partial charge in [-0.3, -0.25) is 4.79 Å². The van der Waals surface area contributed by atoms with Crippen molar-refractivity contribution in [1.82, 2.24) is 5.32 Å². The van der Waals surface area contributed by atoms with E-state index in [1.165, 1.54) is 5.56 Å². The van der Waals surface area contributed by atoms with Gasteiger partial charge in [0.05, 0.1) is 0 Å². The van der Waals surface area contributed by atoms with E-state index in [4.69, 9.17) is 0 Å². The van der Waals surface area contributed by atoms with Gasteiger partial charge in [0.25, 0.3) is 0 Å². The highest BCUT2D eigenvalue weighted by molar-refractivity contribution is 5.77. The minimum atomic E-state index is 0.0372. The molecule has 1 N–H and O–H groups in total. The standard InChI is InChI=1S/C15H21NO/c1-4-8-14(11-16-15(17)12(2)3)13-9-6-5-7-10-13/h4-7,9-10,12,14H,1,8,11H2,2-3H3,(H,16,17)/t14-/m1/s1. The molecular formula is C15H21NO. The van der Waals surface area contributed by atoms with Crippen LogP contribution < -0.4 is 5.32 Å². The summed E-state index contributed by atoms with van der Waals surface area (Å²) in [7, 11) is 0. The van der Waals surface area contributed by atoms with E-state index in [0.717, 1.165) is 6.42 Å². The van der Waals surface area contributed by atoms with Crippen LogP contribution in [0.2, 0.25) is 0 Å². The smallest absolute Gasteiger partial charge is 0.222 e. The molecule has 0 heterocycles. The topological polar surface area (TPSA) is 29.1 Å². The summed E-state index contributed by atoms with van der Waals surface area (Å²) in [6.45, 7) is 8.26. The van der Waals surface area contributed by atoms with E-state index in [-0.39, 0.29) is 11.8 Å². The zero-order valence-corrected chi connectivity index (χ0v) is 10.6. The van der Waals surface area contributed by atoms with E-state index in [9.17, 15) is 4.79 Å². The number of allylic oxidation sites excluding steroid dienone is 1. The van der Waals surface area contributed by atoms with Gasteiger partial charge >= 0.3 is 0 Å². The Kier molecular flexibility index (Phi) is 5.47. The molecule has 0 aliphatic carbocycles. The number of benzene rings is 1. The second-order valence-corrected chi connectivity index (χ2v) is 4.53. The van der Waals surface area contributed by atoms with Gasteiger partial charge in [0.2, 0.25) is 5.91 Å². The van der Waals surface area contributed by atoms with E-state index < -0.39 is 0 Å². The minimum Gasteiger partial charge on any atom is -0.355 e. The Balaban J connectivity index is 2.61. The van der Waals surface area contributed by atoms with Crippen LogP contribution in [-0.2, 0) is 4.79 Å². The third-order valence-corrected chi connectivity index (χ3v) is 2.77. The average Bonchev–Trinajstić information content (AvgIpc) is 2.35. The van der Waals surface area contributed by atoms with Crippen molar-refractivity contribution in [1.29, 1.82) is 0 Å². The lowest BCUT2D eigenvalue weighted by Crippen LogP contribution is -2.31. The van der Waals surface area contributed by atoms with Gasteiger partial charge in [-0.15, -0.1) is 6.58 Å². The van der Waals surface area contributed by atoms with Crippen LogP contribution in [0.4, 0.5) is 0 Å². The van der Waals surface area contributed by atoms with Crippen molar-refractivity contribution in [2.45, 2.75) is 26.2 Å². The Morgan fingerprint density at radius 3 is 2.53 bits per heavy atom. The summed E-state index contributed by atoms with van der Waals surface area (Å²) in [5, 5.41) is 2.98. The summed E-state index contributed by atoms with van der Waals surface area (Å²) < 4.78 is 0. The van der Waals surface area contributed by atoms with Gasteiger partial charge in [0.15, 0.2) is 0 Å². The Hall–Kier alpha value is -1.57. The number of carbonyl (C=O) groups is 1. The third kappa shape index (κ3) is 4.43. The molecule has 0 aliphatic rings. The molecular weight excluding hydrogens is 210 g/mol. The van der Waals surface area contributed by atoms with Gasteiger partial charge in [-0.2, -0.15) is 0 Å².